The van der Waals surface area contributed by atoms with E-state index in [4.69, 9.17) is 23.2 Å². The number of hydrogen-bond donors (Lipinski definition) is 1. The van der Waals surface area contributed by atoms with Gasteiger partial charge in [-0.3, -0.25) is 4.79 Å². The molecule has 0 saturated heterocycles. The topological polar surface area (TPSA) is 54.9 Å². The lowest BCUT2D eigenvalue weighted by Crippen LogP contribution is -2.13. The molecule has 1 N–H and O–H groups in total. The lowest BCUT2D eigenvalue weighted by atomic mass is 10.1. The van der Waals surface area contributed by atoms with E-state index in [1.807, 2.05) is 37.3 Å². The maximum absolute atomic E-state index is 12.7. The van der Waals surface area contributed by atoms with E-state index in [-0.39, 0.29) is 5.91 Å². The van der Waals surface area contributed by atoms with Crippen molar-refractivity contribution in [1.82, 2.24) is 9.97 Å². The number of nitrogens with zero attached hydrogens (tertiary/aromatic N) is 2. The van der Waals surface area contributed by atoms with Crippen LogP contribution in [0, 0.1) is 6.92 Å². The van der Waals surface area contributed by atoms with Crippen LogP contribution in [0.1, 0.15) is 15.9 Å². The number of amides is 1. The molecule has 0 aliphatic rings. The Labute approximate surface area is 169 Å². The number of thiazole rings is 1. The summed E-state index contributed by atoms with van der Waals surface area (Å²) in [6, 6.07) is 14.3. The van der Waals surface area contributed by atoms with E-state index in [9.17, 15) is 4.79 Å². The summed E-state index contributed by atoms with van der Waals surface area (Å²) >= 11 is 13.6. The van der Waals surface area contributed by atoms with Crippen LogP contribution >= 0.6 is 34.5 Å². The Hall–Kier alpha value is -2.47. The van der Waals surface area contributed by atoms with Gasteiger partial charge in [0.25, 0.3) is 5.91 Å². The van der Waals surface area contributed by atoms with Crippen molar-refractivity contribution in [3.63, 3.8) is 0 Å². The molecule has 0 aliphatic heterocycles. The van der Waals surface area contributed by atoms with Crippen LogP contribution in [0.15, 0.2) is 54.7 Å². The van der Waals surface area contributed by atoms with E-state index < -0.39 is 0 Å². The van der Waals surface area contributed by atoms with Crippen molar-refractivity contribution in [2.45, 2.75) is 6.92 Å². The number of halogens is 2. The van der Waals surface area contributed by atoms with Crippen LogP contribution < -0.4 is 5.32 Å². The van der Waals surface area contributed by atoms with Gasteiger partial charge in [-0.1, -0.05) is 46.7 Å². The number of aromatic nitrogens is 2. The van der Waals surface area contributed by atoms with Crippen LogP contribution in [0.25, 0.3) is 20.9 Å². The minimum Gasteiger partial charge on any atom is -0.322 e. The number of pyridine rings is 1. The SMILES string of the molecule is Cc1c(NC(=O)c2cc(Cl)ccc2Cl)cccc1-c1nc2cccnc2s1. The van der Waals surface area contributed by atoms with Crippen LogP contribution in [0.2, 0.25) is 10.0 Å². The second-order valence-electron chi connectivity index (χ2n) is 5.90. The van der Waals surface area contributed by atoms with Crippen molar-refractivity contribution in [2.75, 3.05) is 5.32 Å². The fraction of sp³-hybridized carbons (Fsp3) is 0.0500. The molecule has 2 heterocycles. The molecule has 7 heteroatoms. The number of hydrogen-bond acceptors (Lipinski definition) is 4. The molecule has 1 amide bonds. The minimum atomic E-state index is -0.311. The molecule has 0 aliphatic carbocycles. The Balaban J connectivity index is 1.69. The fourth-order valence-electron chi connectivity index (χ4n) is 2.75. The highest BCUT2D eigenvalue weighted by Crippen LogP contribution is 2.34. The molecule has 134 valence electrons. The van der Waals surface area contributed by atoms with Crippen molar-refractivity contribution in [1.29, 1.82) is 0 Å². The van der Waals surface area contributed by atoms with Crippen molar-refractivity contribution in [3.05, 3.63) is 75.9 Å². The van der Waals surface area contributed by atoms with Crippen LogP contribution in [0.3, 0.4) is 0 Å². The largest absolute Gasteiger partial charge is 0.322 e. The average molecular weight is 414 g/mol. The third-order valence-corrected chi connectivity index (χ3v) is 5.73. The first-order valence-corrected chi connectivity index (χ1v) is 9.68. The van der Waals surface area contributed by atoms with Gasteiger partial charge < -0.3 is 5.32 Å². The highest BCUT2D eigenvalue weighted by molar-refractivity contribution is 7.21. The zero-order chi connectivity index (χ0) is 19.0. The smallest absolute Gasteiger partial charge is 0.257 e. The van der Waals surface area contributed by atoms with E-state index in [1.165, 1.54) is 11.3 Å². The highest BCUT2D eigenvalue weighted by atomic mass is 35.5. The van der Waals surface area contributed by atoms with Crippen molar-refractivity contribution in [2.24, 2.45) is 0 Å². The number of carbonyl (C=O) groups is 1. The summed E-state index contributed by atoms with van der Waals surface area (Å²) in [5, 5.41) is 4.58. The zero-order valence-corrected chi connectivity index (χ0v) is 16.5. The van der Waals surface area contributed by atoms with E-state index in [0.717, 1.165) is 26.5 Å². The molecule has 2 aromatic carbocycles. The summed E-state index contributed by atoms with van der Waals surface area (Å²) < 4.78 is 0. The normalized spacial score (nSPS) is 10.9. The van der Waals surface area contributed by atoms with Crippen molar-refractivity contribution >= 4 is 56.5 Å². The van der Waals surface area contributed by atoms with Gasteiger partial charge in [-0.2, -0.15) is 0 Å². The number of carbonyl (C=O) groups excluding carboxylic acids is 1. The molecule has 0 fully saturated rings. The summed E-state index contributed by atoms with van der Waals surface area (Å²) in [4.78, 5) is 22.5. The zero-order valence-electron chi connectivity index (χ0n) is 14.2. The summed E-state index contributed by atoms with van der Waals surface area (Å²) in [5.74, 6) is -0.311. The fourth-order valence-corrected chi connectivity index (χ4v) is 4.11. The van der Waals surface area contributed by atoms with Gasteiger partial charge in [0.2, 0.25) is 0 Å². The molecular weight excluding hydrogens is 401 g/mol. The minimum absolute atomic E-state index is 0.311. The lowest BCUT2D eigenvalue weighted by Gasteiger charge is -2.12. The molecule has 2 aromatic heterocycles. The molecular formula is C20H13Cl2N3OS. The monoisotopic (exact) mass is 413 g/mol. The highest BCUT2D eigenvalue weighted by Gasteiger charge is 2.15. The summed E-state index contributed by atoms with van der Waals surface area (Å²) in [6.07, 6.45) is 1.75. The number of fused-ring (bicyclic) bond motifs is 1. The maximum atomic E-state index is 12.7. The molecule has 0 bridgehead atoms. The second kappa shape index (κ2) is 7.27. The van der Waals surface area contributed by atoms with Gasteiger partial charge in [-0.15, -0.1) is 0 Å². The van der Waals surface area contributed by atoms with E-state index >= 15 is 0 Å². The molecule has 0 saturated carbocycles. The summed E-state index contributed by atoms with van der Waals surface area (Å²) in [5.41, 5.74) is 3.76. The van der Waals surface area contributed by atoms with Crippen molar-refractivity contribution in [3.8, 4) is 10.6 Å². The van der Waals surface area contributed by atoms with Gasteiger partial charge in [0.15, 0.2) is 0 Å². The van der Waals surface area contributed by atoms with E-state index in [2.05, 4.69) is 15.3 Å². The number of nitrogens with one attached hydrogen (secondary N) is 1. The quantitative estimate of drug-likeness (QED) is 0.433. The first-order chi connectivity index (χ1) is 13.0. The first kappa shape index (κ1) is 17.9. The van der Waals surface area contributed by atoms with Gasteiger partial charge >= 0.3 is 0 Å². The van der Waals surface area contributed by atoms with Crippen LogP contribution in [0.5, 0.6) is 0 Å². The Kier molecular flexibility index (Phi) is 4.83. The van der Waals surface area contributed by atoms with Crippen LogP contribution in [-0.2, 0) is 0 Å². The van der Waals surface area contributed by atoms with Gasteiger partial charge in [0.05, 0.1) is 10.6 Å². The van der Waals surface area contributed by atoms with E-state index in [0.29, 0.717) is 21.3 Å². The number of rotatable bonds is 3. The van der Waals surface area contributed by atoms with Gasteiger partial charge in [-0.25, -0.2) is 9.97 Å². The molecule has 0 unspecified atom stereocenters. The molecule has 4 nitrogen and oxygen atoms in total. The number of anilines is 1. The molecule has 0 spiro atoms. The van der Waals surface area contributed by atoms with Crippen LogP contribution in [-0.4, -0.2) is 15.9 Å². The van der Waals surface area contributed by atoms with Crippen molar-refractivity contribution < 1.29 is 4.79 Å². The van der Waals surface area contributed by atoms with E-state index in [1.54, 1.807) is 24.4 Å². The Morgan fingerprint density at radius 1 is 1.11 bits per heavy atom. The molecule has 4 aromatic rings. The van der Waals surface area contributed by atoms with Gasteiger partial charge in [-0.05, 0) is 48.9 Å². The summed E-state index contributed by atoms with van der Waals surface area (Å²) in [7, 11) is 0. The van der Waals surface area contributed by atoms with Crippen LogP contribution in [0.4, 0.5) is 5.69 Å². The Morgan fingerprint density at radius 3 is 2.78 bits per heavy atom. The molecule has 0 atom stereocenters. The molecule has 4 rings (SSSR count). The summed E-state index contributed by atoms with van der Waals surface area (Å²) in [6.45, 7) is 1.95. The van der Waals surface area contributed by atoms with Gasteiger partial charge in [0, 0.05) is 22.5 Å². The third kappa shape index (κ3) is 3.54. The predicted octanol–water partition coefficient (Wildman–Crippen LogP) is 6.23. The predicted molar refractivity (Wildman–Crippen MR) is 112 cm³/mol. The standard InChI is InChI=1S/C20H13Cl2N3OS/c1-11-13(19-25-17-6-3-9-23-20(17)27-19)4-2-5-16(11)24-18(26)14-10-12(21)7-8-15(14)22/h2-10H,1H3,(H,24,26). The average Bonchev–Trinajstić information content (AvgIpc) is 3.09. The lowest BCUT2D eigenvalue weighted by molar-refractivity contribution is 0.102. The third-order valence-electron chi connectivity index (χ3n) is 4.15. The van der Waals surface area contributed by atoms with Gasteiger partial charge in [0.1, 0.15) is 15.4 Å². The maximum Gasteiger partial charge on any atom is 0.257 e. The first-order valence-electron chi connectivity index (χ1n) is 8.11. The number of benzene rings is 2. The second-order valence-corrected chi connectivity index (χ2v) is 7.72. The Bertz CT molecular complexity index is 1140. The molecule has 27 heavy (non-hydrogen) atoms. The molecule has 0 radical (unpaired) electrons. The Morgan fingerprint density at radius 2 is 1.96 bits per heavy atom.